The van der Waals surface area contributed by atoms with Crippen molar-refractivity contribution in [1.29, 1.82) is 0 Å². The second kappa shape index (κ2) is 9.59. The van der Waals surface area contributed by atoms with Gasteiger partial charge in [0.25, 0.3) is 0 Å². The van der Waals surface area contributed by atoms with E-state index in [4.69, 9.17) is 14.6 Å². The third-order valence-electron chi connectivity index (χ3n) is 6.64. The molecule has 0 spiro atoms. The van der Waals surface area contributed by atoms with E-state index in [2.05, 4.69) is 24.3 Å². The summed E-state index contributed by atoms with van der Waals surface area (Å²) >= 11 is 0. The molecule has 0 unspecified atom stereocenters. The first-order chi connectivity index (χ1) is 16.6. The summed E-state index contributed by atoms with van der Waals surface area (Å²) in [5, 5.41) is 8.99. The van der Waals surface area contributed by atoms with Gasteiger partial charge in [-0.15, -0.1) is 0 Å². The summed E-state index contributed by atoms with van der Waals surface area (Å²) in [6.07, 6.45) is 1.38. The molecule has 6 heteroatoms. The van der Waals surface area contributed by atoms with E-state index >= 15 is 0 Å². The van der Waals surface area contributed by atoms with Crippen LogP contribution in [0.25, 0.3) is 11.1 Å². The monoisotopic (exact) mass is 457 g/mol. The van der Waals surface area contributed by atoms with Crippen LogP contribution in [0.3, 0.4) is 0 Å². The molecule has 1 atom stereocenters. The number of carbonyl (C=O) groups is 2. The maximum Gasteiger partial charge on any atom is 0.410 e. The molecule has 6 nitrogen and oxygen atoms in total. The minimum Gasteiger partial charge on any atom is -0.491 e. The zero-order valence-electron chi connectivity index (χ0n) is 18.9. The molecule has 0 aromatic heterocycles. The van der Waals surface area contributed by atoms with E-state index in [1.807, 2.05) is 24.3 Å². The summed E-state index contributed by atoms with van der Waals surface area (Å²) in [6, 6.07) is 23.6. The lowest BCUT2D eigenvalue weighted by atomic mass is 9.98. The summed E-state index contributed by atoms with van der Waals surface area (Å²) < 4.78 is 11.8. The fourth-order valence-corrected chi connectivity index (χ4v) is 5.04. The van der Waals surface area contributed by atoms with Crippen molar-refractivity contribution in [3.05, 3.63) is 89.5 Å². The van der Waals surface area contributed by atoms with Crippen molar-refractivity contribution in [1.82, 2.24) is 4.90 Å². The molecule has 2 aliphatic rings. The highest BCUT2D eigenvalue weighted by Gasteiger charge is 2.33. The Bertz CT molecular complexity index is 1160. The number of fused-ring (bicyclic) bond motifs is 3. The number of likely N-dealkylation sites (tertiary alicyclic amines) is 1. The normalized spacial score (nSPS) is 16.7. The van der Waals surface area contributed by atoms with E-state index in [1.54, 1.807) is 29.2 Å². The van der Waals surface area contributed by atoms with Crippen LogP contribution < -0.4 is 4.74 Å². The van der Waals surface area contributed by atoms with E-state index in [0.717, 1.165) is 12.8 Å². The van der Waals surface area contributed by atoms with Crippen LogP contribution in [-0.4, -0.2) is 47.9 Å². The first-order valence-electron chi connectivity index (χ1n) is 11.7. The van der Waals surface area contributed by atoms with Gasteiger partial charge in [-0.3, -0.25) is 4.79 Å². The summed E-state index contributed by atoms with van der Waals surface area (Å²) in [5.74, 6) is -0.238. The molecule has 0 radical (unpaired) electrons. The molecular weight excluding hydrogens is 430 g/mol. The van der Waals surface area contributed by atoms with Gasteiger partial charge in [-0.05, 0) is 52.8 Å². The van der Waals surface area contributed by atoms with Crippen LogP contribution in [0.15, 0.2) is 72.8 Å². The van der Waals surface area contributed by atoms with E-state index in [9.17, 15) is 9.59 Å². The van der Waals surface area contributed by atoms with Crippen LogP contribution in [0.2, 0.25) is 0 Å². The molecule has 1 N–H and O–H groups in total. The molecule has 1 saturated heterocycles. The van der Waals surface area contributed by atoms with Crippen LogP contribution in [0.5, 0.6) is 5.75 Å². The van der Waals surface area contributed by atoms with E-state index < -0.39 is 5.97 Å². The average Bonchev–Trinajstić information content (AvgIpc) is 3.44. The maximum absolute atomic E-state index is 13.0. The summed E-state index contributed by atoms with van der Waals surface area (Å²) in [4.78, 5) is 25.7. The van der Waals surface area contributed by atoms with Gasteiger partial charge >= 0.3 is 12.1 Å². The molecule has 1 amide bonds. The van der Waals surface area contributed by atoms with Crippen molar-refractivity contribution in [2.75, 3.05) is 19.8 Å². The molecule has 3 aromatic rings. The van der Waals surface area contributed by atoms with Gasteiger partial charge in [-0.25, -0.2) is 4.79 Å². The Hall–Kier alpha value is -3.80. The van der Waals surface area contributed by atoms with Gasteiger partial charge in [0.1, 0.15) is 19.0 Å². The second-order valence-corrected chi connectivity index (χ2v) is 8.82. The van der Waals surface area contributed by atoms with E-state index in [-0.39, 0.29) is 24.5 Å². The number of carboxylic acid groups (broad SMARTS) is 1. The third kappa shape index (κ3) is 4.49. The number of ether oxygens (including phenoxy) is 2. The number of rotatable bonds is 7. The van der Waals surface area contributed by atoms with Crippen molar-refractivity contribution in [3.63, 3.8) is 0 Å². The number of amides is 1. The van der Waals surface area contributed by atoms with Crippen molar-refractivity contribution in [3.8, 4) is 16.9 Å². The number of aliphatic carboxylic acids is 1. The Morgan fingerprint density at radius 3 is 2.32 bits per heavy atom. The van der Waals surface area contributed by atoms with E-state index in [1.165, 1.54) is 22.3 Å². The zero-order chi connectivity index (χ0) is 23.5. The molecule has 5 rings (SSSR count). The van der Waals surface area contributed by atoms with Crippen LogP contribution in [-0.2, 0) is 16.0 Å². The minimum atomic E-state index is -0.880. The lowest BCUT2D eigenvalue weighted by molar-refractivity contribution is -0.136. The van der Waals surface area contributed by atoms with Crippen molar-refractivity contribution >= 4 is 12.1 Å². The first-order valence-corrected chi connectivity index (χ1v) is 11.7. The number of benzene rings is 3. The Morgan fingerprint density at radius 2 is 1.62 bits per heavy atom. The Balaban J connectivity index is 1.21. The third-order valence-corrected chi connectivity index (χ3v) is 6.64. The predicted molar refractivity (Wildman–Crippen MR) is 128 cm³/mol. The van der Waals surface area contributed by atoms with Gasteiger partial charge in [0, 0.05) is 12.5 Å². The van der Waals surface area contributed by atoms with Crippen LogP contribution in [0, 0.1) is 0 Å². The van der Waals surface area contributed by atoms with Crippen LogP contribution in [0.1, 0.15) is 35.4 Å². The highest BCUT2D eigenvalue weighted by Crippen LogP contribution is 2.44. The van der Waals surface area contributed by atoms with Crippen molar-refractivity contribution in [2.24, 2.45) is 0 Å². The van der Waals surface area contributed by atoms with Gasteiger partial charge in [0.05, 0.1) is 12.5 Å². The van der Waals surface area contributed by atoms with Gasteiger partial charge in [0.2, 0.25) is 0 Å². The number of hydrogen-bond donors (Lipinski definition) is 1. The van der Waals surface area contributed by atoms with E-state index in [0.29, 0.717) is 31.1 Å². The first kappa shape index (κ1) is 22.0. The predicted octanol–water partition coefficient (Wildman–Crippen LogP) is 5.11. The Labute approximate surface area is 198 Å². The largest absolute Gasteiger partial charge is 0.491 e. The van der Waals surface area contributed by atoms with Gasteiger partial charge in [-0.1, -0.05) is 60.7 Å². The lowest BCUT2D eigenvalue weighted by Gasteiger charge is -2.25. The number of nitrogens with zero attached hydrogens (tertiary/aromatic N) is 1. The molecular formula is C28H27NO5. The molecule has 174 valence electrons. The van der Waals surface area contributed by atoms with Gasteiger partial charge in [-0.2, -0.15) is 0 Å². The molecule has 1 fully saturated rings. The molecule has 1 heterocycles. The highest BCUT2D eigenvalue weighted by atomic mass is 16.6. The zero-order valence-corrected chi connectivity index (χ0v) is 18.9. The quantitative estimate of drug-likeness (QED) is 0.534. The second-order valence-electron chi connectivity index (χ2n) is 8.82. The smallest absolute Gasteiger partial charge is 0.410 e. The molecule has 1 aliphatic heterocycles. The maximum atomic E-state index is 13.0. The van der Waals surface area contributed by atoms with Gasteiger partial charge in [0.15, 0.2) is 0 Å². The topological polar surface area (TPSA) is 76.1 Å². The molecule has 34 heavy (non-hydrogen) atoms. The summed E-state index contributed by atoms with van der Waals surface area (Å²) in [6.45, 7) is 1.29. The minimum absolute atomic E-state index is 0.0330. The summed E-state index contributed by atoms with van der Waals surface area (Å²) in [7, 11) is 0. The molecule has 1 aliphatic carbocycles. The number of hydrogen-bond acceptors (Lipinski definition) is 4. The van der Waals surface area contributed by atoms with Gasteiger partial charge < -0.3 is 19.5 Å². The number of carbonyl (C=O) groups excluding carboxylic acids is 1. The highest BCUT2D eigenvalue weighted by molar-refractivity contribution is 5.79. The SMILES string of the molecule is O=C(O)Cc1cccc(OC[C@@H]2CCCN2C(=O)OCC2c3ccccc3-c3ccccc32)c1. The fourth-order valence-electron chi connectivity index (χ4n) is 5.04. The lowest BCUT2D eigenvalue weighted by Crippen LogP contribution is -2.39. The fraction of sp³-hybridized carbons (Fsp3) is 0.286. The number of carboxylic acids is 1. The Kier molecular flexibility index (Phi) is 6.21. The van der Waals surface area contributed by atoms with Crippen molar-refractivity contribution in [2.45, 2.75) is 31.2 Å². The standard InChI is InChI=1S/C28H27NO5/c30-27(31)16-19-7-5-9-21(15-19)33-17-20-8-6-14-29(20)28(32)34-18-26-24-12-3-1-10-22(24)23-11-2-4-13-25(23)26/h1-5,7,9-13,15,20,26H,6,8,14,16-18H2,(H,30,31)/t20-/m0/s1. The summed E-state index contributed by atoms with van der Waals surface area (Å²) in [5.41, 5.74) is 5.48. The average molecular weight is 458 g/mol. The Morgan fingerprint density at radius 1 is 0.912 bits per heavy atom. The molecule has 0 saturated carbocycles. The van der Waals surface area contributed by atoms with Crippen molar-refractivity contribution < 1.29 is 24.2 Å². The van der Waals surface area contributed by atoms with Crippen LogP contribution in [0.4, 0.5) is 4.79 Å². The molecule has 0 bridgehead atoms. The molecule has 3 aromatic carbocycles. The van der Waals surface area contributed by atoms with Crippen LogP contribution >= 0.6 is 0 Å².